The third kappa shape index (κ3) is 3.76. The molecule has 2 N–H and O–H groups in total. The van der Waals surface area contributed by atoms with Crippen LogP contribution in [0.1, 0.15) is 0 Å². The number of carbonyl (C=O) groups is 1. The molecular weight excluding hydrogens is 280 g/mol. The second-order valence-electron chi connectivity index (χ2n) is 3.56. The molecule has 0 aliphatic carbocycles. The van der Waals surface area contributed by atoms with Gasteiger partial charge in [0.15, 0.2) is 17.6 Å². The second kappa shape index (κ2) is 5.37. The van der Waals surface area contributed by atoms with Crippen molar-refractivity contribution in [3.8, 4) is 0 Å². The Morgan fingerprint density at radius 2 is 1.84 bits per heavy atom. The quantitative estimate of drug-likeness (QED) is 0.661. The lowest BCUT2D eigenvalue weighted by atomic mass is 10.1. The fourth-order valence-electron chi connectivity index (χ4n) is 1.24. The smallest absolute Gasteiger partial charge is 0.403 e. The van der Waals surface area contributed by atoms with E-state index in [0.717, 1.165) is 0 Å². The Balaban J connectivity index is 2.89. The van der Waals surface area contributed by atoms with Gasteiger partial charge in [-0.2, -0.15) is 13.2 Å². The Kier molecular flexibility index (Phi) is 4.28. The molecular formula is C10H7F6NO2. The summed E-state index contributed by atoms with van der Waals surface area (Å²) in [5.74, 6) is -9.40. The number of hydrogen-bond acceptors (Lipinski definition) is 2. The van der Waals surface area contributed by atoms with Crippen LogP contribution >= 0.6 is 0 Å². The summed E-state index contributed by atoms with van der Waals surface area (Å²) in [5.41, 5.74) is -0.881. The van der Waals surface area contributed by atoms with Crippen molar-refractivity contribution in [3.05, 3.63) is 29.6 Å². The summed E-state index contributed by atoms with van der Waals surface area (Å²) >= 11 is 0. The molecule has 0 aromatic heterocycles. The van der Waals surface area contributed by atoms with Gasteiger partial charge in [0.25, 0.3) is 0 Å². The van der Waals surface area contributed by atoms with Crippen molar-refractivity contribution in [2.45, 2.75) is 6.18 Å². The van der Waals surface area contributed by atoms with Crippen LogP contribution in [0.4, 0.5) is 32.0 Å². The van der Waals surface area contributed by atoms with Crippen molar-refractivity contribution in [1.29, 1.82) is 0 Å². The monoisotopic (exact) mass is 287 g/mol. The van der Waals surface area contributed by atoms with E-state index in [9.17, 15) is 31.1 Å². The molecule has 0 heterocycles. The second-order valence-corrected chi connectivity index (χ2v) is 3.56. The van der Waals surface area contributed by atoms with Gasteiger partial charge in [-0.25, -0.2) is 13.2 Å². The molecule has 1 unspecified atom stereocenters. The minimum absolute atomic E-state index is 0.207. The molecule has 1 aromatic rings. The van der Waals surface area contributed by atoms with E-state index >= 15 is 0 Å². The van der Waals surface area contributed by atoms with Gasteiger partial charge in [-0.05, 0) is 0 Å². The highest BCUT2D eigenvalue weighted by atomic mass is 19.4. The number of anilines is 1. The SMILES string of the molecule is O=C(O)C(CNc1cc(F)cc(F)c1F)C(F)(F)F. The standard InChI is InChI=1S/C10H7F6NO2/c11-4-1-6(12)8(13)7(2-4)17-3-5(9(18)19)10(14,15)16/h1-2,5,17H,3H2,(H,18,19). The molecule has 1 atom stereocenters. The van der Waals surface area contributed by atoms with Crippen LogP contribution in [0.15, 0.2) is 12.1 Å². The zero-order chi connectivity index (χ0) is 14.8. The van der Waals surface area contributed by atoms with E-state index in [4.69, 9.17) is 5.11 Å². The Labute approximate surface area is 102 Å². The number of alkyl halides is 3. The molecule has 0 bridgehead atoms. The summed E-state index contributed by atoms with van der Waals surface area (Å²) in [6.07, 6.45) is -5.07. The van der Waals surface area contributed by atoms with E-state index in [1.165, 1.54) is 0 Å². The number of aliphatic carboxylic acids is 1. The fourth-order valence-corrected chi connectivity index (χ4v) is 1.24. The van der Waals surface area contributed by atoms with E-state index in [-0.39, 0.29) is 6.07 Å². The Morgan fingerprint density at radius 3 is 2.32 bits per heavy atom. The molecule has 0 spiro atoms. The Hall–Kier alpha value is -1.93. The number of carboxylic acids is 1. The van der Waals surface area contributed by atoms with Gasteiger partial charge < -0.3 is 10.4 Å². The highest BCUT2D eigenvalue weighted by Crippen LogP contribution is 2.27. The molecule has 0 fully saturated rings. The van der Waals surface area contributed by atoms with Crippen LogP contribution < -0.4 is 5.32 Å². The Bertz CT molecular complexity index is 488. The van der Waals surface area contributed by atoms with Crippen molar-refractivity contribution in [1.82, 2.24) is 0 Å². The van der Waals surface area contributed by atoms with E-state index in [0.29, 0.717) is 6.07 Å². The molecule has 0 saturated heterocycles. The average Bonchev–Trinajstić information content (AvgIpc) is 2.22. The normalized spacial score (nSPS) is 13.2. The molecule has 19 heavy (non-hydrogen) atoms. The van der Waals surface area contributed by atoms with Crippen molar-refractivity contribution in [3.63, 3.8) is 0 Å². The maximum Gasteiger partial charge on any atom is 0.403 e. The van der Waals surface area contributed by atoms with Gasteiger partial charge in [0.2, 0.25) is 0 Å². The predicted octanol–water partition coefficient (Wildman–Crippen LogP) is 2.78. The first-order valence-corrected chi connectivity index (χ1v) is 4.81. The lowest BCUT2D eigenvalue weighted by Crippen LogP contribution is -2.36. The first-order valence-electron chi connectivity index (χ1n) is 4.81. The van der Waals surface area contributed by atoms with Crippen molar-refractivity contribution < 1.29 is 36.2 Å². The number of hydrogen-bond donors (Lipinski definition) is 2. The molecule has 0 saturated carbocycles. The predicted molar refractivity (Wildman–Crippen MR) is 52.0 cm³/mol. The zero-order valence-corrected chi connectivity index (χ0v) is 9.06. The van der Waals surface area contributed by atoms with Crippen LogP contribution in [0.2, 0.25) is 0 Å². The maximum atomic E-state index is 13.1. The number of nitrogens with one attached hydrogen (secondary N) is 1. The van der Waals surface area contributed by atoms with Gasteiger partial charge in [0, 0.05) is 18.7 Å². The summed E-state index contributed by atoms with van der Waals surface area (Å²) in [4.78, 5) is 10.4. The van der Waals surface area contributed by atoms with Crippen LogP contribution in [-0.2, 0) is 4.79 Å². The topological polar surface area (TPSA) is 49.3 Å². The molecule has 106 valence electrons. The third-order valence-electron chi connectivity index (χ3n) is 2.18. The minimum atomic E-state index is -5.07. The van der Waals surface area contributed by atoms with Crippen LogP contribution in [0.5, 0.6) is 0 Å². The lowest BCUT2D eigenvalue weighted by molar-refractivity contribution is -0.190. The summed E-state index contributed by atoms with van der Waals surface area (Å²) in [5, 5.41) is 10.1. The number of rotatable bonds is 4. The molecule has 0 radical (unpaired) electrons. The lowest BCUT2D eigenvalue weighted by Gasteiger charge is -2.17. The van der Waals surface area contributed by atoms with Gasteiger partial charge in [-0.15, -0.1) is 0 Å². The van der Waals surface area contributed by atoms with Crippen LogP contribution in [0.3, 0.4) is 0 Å². The summed E-state index contributed by atoms with van der Waals surface area (Å²) < 4.78 is 75.4. The highest BCUT2D eigenvalue weighted by molar-refractivity contribution is 5.71. The molecule has 1 rings (SSSR count). The maximum absolute atomic E-state index is 13.1. The van der Waals surface area contributed by atoms with Gasteiger partial charge in [0.05, 0.1) is 5.69 Å². The summed E-state index contributed by atoms with van der Waals surface area (Å²) in [7, 11) is 0. The fraction of sp³-hybridized carbons (Fsp3) is 0.300. The minimum Gasteiger partial charge on any atom is -0.481 e. The number of benzene rings is 1. The first-order chi connectivity index (χ1) is 8.62. The van der Waals surface area contributed by atoms with Crippen molar-refractivity contribution >= 4 is 11.7 Å². The molecule has 1 aromatic carbocycles. The van der Waals surface area contributed by atoms with Gasteiger partial charge >= 0.3 is 12.1 Å². The zero-order valence-electron chi connectivity index (χ0n) is 9.06. The average molecular weight is 287 g/mol. The van der Waals surface area contributed by atoms with Crippen LogP contribution in [0, 0.1) is 23.4 Å². The van der Waals surface area contributed by atoms with Crippen LogP contribution in [0.25, 0.3) is 0 Å². The van der Waals surface area contributed by atoms with E-state index in [1.807, 2.05) is 0 Å². The van der Waals surface area contributed by atoms with Gasteiger partial charge in [0.1, 0.15) is 5.82 Å². The van der Waals surface area contributed by atoms with Crippen LogP contribution in [-0.4, -0.2) is 23.8 Å². The molecule has 0 aliphatic rings. The van der Waals surface area contributed by atoms with Crippen molar-refractivity contribution in [2.24, 2.45) is 5.92 Å². The number of carboxylic acid groups (broad SMARTS) is 1. The first kappa shape index (κ1) is 15.1. The molecule has 0 aliphatic heterocycles. The number of halogens is 6. The molecule has 0 amide bonds. The third-order valence-corrected chi connectivity index (χ3v) is 2.18. The molecule has 3 nitrogen and oxygen atoms in total. The van der Waals surface area contributed by atoms with E-state index in [2.05, 4.69) is 0 Å². The van der Waals surface area contributed by atoms with Gasteiger partial charge in [-0.1, -0.05) is 0 Å². The highest BCUT2D eigenvalue weighted by Gasteiger charge is 2.45. The van der Waals surface area contributed by atoms with Gasteiger partial charge in [-0.3, -0.25) is 4.79 Å². The van der Waals surface area contributed by atoms with E-state index in [1.54, 1.807) is 5.32 Å². The Morgan fingerprint density at radius 1 is 1.26 bits per heavy atom. The summed E-state index contributed by atoms with van der Waals surface area (Å²) in [6, 6.07) is 0.632. The largest absolute Gasteiger partial charge is 0.481 e. The summed E-state index contributed by atoms with van der Waals surface area (Å²) in [6.45, 7) is -1.25. The van der Waals surface area contributed by atoms with E-state index < -0.39 is 47.7 Å². The molecule has 9 heteroatoms. The van der Waals surface area contributed by atoms with Crippen molar-refractivity contribution in [2.75, 3.05) is 11.9 Å².